The number of sulfonamides is 1. The minimum absolute atomic E-state index is 0.154. The van der Waals surface area contributed by atoms with Crippen LogP contribution in [0.15, 0.2) is 66.0 Å². The van der Waals surface area contributed by atoms with Gasteiger partial charge in [-0.25, -0.2) is 13.1 Å². The highest BCUT2D eigenvalue weighted by Gasteiger charge is 2.19. The first-order valence-corrected chi connectivity index (χ1v) is 9.71. The lowest BCUT2D eigenvalue weighted by atomic mass is 10.1. The molecule has 3 aromatic rings. The van der Waals surface area contributed by atoms with Gasteiger partial charge >= 0.3 is 0 Å². The smallest absolute Gasteiger partial charge is 0.240 e. The maximum absolute atomic E-state index is 12.7. The van der Waals surface area contributed by atoms with Crippen LogP contribution >= 0.6 is 0 Å². The maximum atomic E-state index is 12.7. The SMILES string of the molecule is O=S(=O)(NCc1cccnc1-c1ccncc1)c1ccc2c(c1)CCO2. The summed E-state index contributed by atoms with van der Waals surface area (Å²) in [6.45, 7) is 0.749. The monoisotopic (exact) mass is 367 g/mol. The zero-order valence-corrected chi connectivity index (χ0v) is 14.7. The number of ether oxygens (including phenoxy) is 1. The van der Waals surface area contributed by atoms with Crippen molar-refractivity contribution in [3.8, 4) is 17.0 Å². The largest absolute Gasteiger partial charge is 0.493 e. The van der Waals surface area contributed by atoms with Gasteiger partial charge < -0.3 is 4.74 Å². The predicted octanol–water partition coefficient (Wildman–Crippen LogP) is 2.56. The summed E-state index contributed by atoms with van der Waals surface area (Å²) in [4.78, 5) is 8.64. The Hall–Kier alpha value is -2.77. The van der Waals surface area contributed by atoms with Gasteiger partial charge in [0.05, 0.1) is 17.2 Å². The summed E-state index contributed by atoms with van der Waals surface area (Å²) in [5.74, 6) is 0.760. The Morgan fingerprint density at radius 3 is 2.77 bits per heavy atom. The van der Waals surface area contributed by atoms with E-state index in [4.69, 9.17) is 4.74 Å². The number of pyridine rings is 2. The molecule has 7 heteroatoms. The second-order valence-corrected chi connectivity index (χ2v) is 7.71. The molecule has 1 aromatic carbocycles. The number of hydrogen-bond acceptors (Lipinski definition) is 5. The van der Waals surface area contributed by atoms with Gasteiger partial charge in [-0.05, 0) is 47.5 Å². The average Bonchev–Trinajstić information content (AvgIpc) is 3.15. The van der Waals surface area contributed by atoms with E-state index in [9.17, 15) is 8.42 Å². The van der Waals surface area contributed by atoms with E-state index in [1.807, 2.05) is 18.2 Å². The lowest BCUT2D eigenvalue weighted by Gasteiger charge is -2.11. The van der Waals surface area contributed by atoms with Crippen LogP contribution in [0.1, 0.15) is 11.1 Å². The molecule has 0 saturated carbocycles. The summed E-state index contributed by atoms with van der Waals surface area (Å²) < 4.78 is 33.4. The van der Waals surface area contributed by atoms with Gasteiger partial charge in [0, 0.05) is 37.1 Å². The van der Waals surface area contributed by atoms with Gasteiger partial charge in [-0.3, -0.25) is 9.97 Å². The number of benzene rings is 1. The van der Waals surface area contributed by atoms with E-state index in [0.717, 1.165) is 34.6 Å². The summed E-state index contributed by atoms with van der Waals surface area (Å²) in [6, 6.07) is 12.3. The molecule has 3 heterocycles. The van der Waals surface area contributed by atoms with Crippen molar-refractivity contribution in [2.45, 2.75) is 17.9 Å². The summed E-state index contributed by atoms with van der Waals surface area (Å²) in [5.41, 5.74) is 3.35. The third-order valence-electron chi connectivity index (χ3n) is 4.27. The van der Waals surface area contributed by atoms with Crippen LogP contribution in [0.3, 0.4) is 0 Å². The third kappa shape index (κ3) is 3.31. The fraction of sp³-hybridized carbons (Fsp3) is 0.158. The van der Waals surface area contributed by atoms with E-state index in [1.165, 1.54) is 0 Å². The van der Waals surface area contributed by atoms with Crippen LogP contribution in [0.5, 0.6) is 5.75 Å². The van der Waals surface area contributed by atoms with E-state index >= 15 is 0 Å². The first-order chi connectivity index (χ1) is 12.6. The standard InChI is InChI=1S/C19H17N3O3S/c23-26(24,17-3-4-18-15(12-17)7-11-25-18)22-13-16-2-1-8-21-19(16)14-5-9-20-10-6-14/h1-6,8-10,12,22H,7,11,13H2. The molecule has 26 heavy (non-hydrogen) atoms. The van der Waals surface area contributed by atoms with Gasteiger partial charge in [0.1, 0.15) is 5.75 Å². The van der Waals surface area contributed by atoms with Gasteiger partial charge in [0.25, 0.3) is 0 Å². The van der Waals surface area contributed by atoms with Crippen LogP contribution in [-0.2, 0) is 23.0 Å². The molecule has 6 nitrogen and oxygen atoms in total. The molecule has 132 valence electrons. The Bertz CT molecular complexity index is 1040. The number of rotatable bonds is 5. The van der Waals surface area contributed by atoms with Crippen LogP contribution < -0.4 is 9.46 Å². The van der Waals surface area contributed by atoms with Crippen molar-refractivity contribution in [1.29, 1.82) is 0 Å². The fourth-order valence-electron chi connectivity index (χ4n) is 2.94. The minimum Gasteiger partial charge on any atom is -0.493 e. The first kappa shape index (κ1) is 16.7. The second-order valence-electron chi connectivity index (χ2n) is 5.94. The highest BCUT2D eigenvalue weighted by Crippen LogP contribution is 2.28. The van der Waals surface area contributed by atoms with Crippen LogP contribution in [0.2, 0.25) is 0 Å². The van der Waals surface area contributed by atoms with Gasteiger partial charge in [-0.15, -0.1) is 0 Å². The molecule has 0 saturated heterocycles. The van der Waals surface area contributed by atoms with E-state index in [0.29, 0.717) is 6.61 Å². The van der Waals surface area contributed by atoms with Crippen molar-refractivity contribution >= 4 is 10.0 Å². The molecule has 0 spiro atoms. The Kier molecular flexibility index (Phi) is 4.40. The van der Waals surface area contributed by atoms with E-state index in [2.05, 4.69) is 14.7 Å². The molecule has 1 aliphatic heterocycles. The highest BCUT2D eigenvalue weighted by molar-refractivity contribution is 7.89. The molecular weight excluding hydrogens is 350 g/mol. The van der Waals surface area contributed by atoms with E-state index in [1.54, 1.807) is 42.9 Å². The molecule has 0 radical (unpaired) electrons. The maximum Gasteiger partial charge on any atom is 0.240 e. The van der Waals surface area contributed by atoms with Crippen molar-refractivity contribution in [2.24, 2.45) is 0 Å². The Morgan fingerprint density at radius 1 is 1.08 bits per heavy atom. The minimum atomic E-state index is -3.62. The molecule has 0 bridgehead atoms. The zero-order chi connectivity index (χ0) is 18.0. The predicted molar refractivity (Wildman–Crippen MR) is 97.1 cm³/mol. The van der Waals surface area contributed by atoms with Crippen molar-refractivity contribution < 1.29 is 13.2 Å². The molecule has 0 aliphatic carbocycles. The summed E-state index contributed by atoms with van der Waals surface area (Å²) in [5, 5.41) is 0. The average molecular weight is 367 g/mol. The molecule has 1 aliphatic rings. The Morgan fingerprint density at radius 2 is 1.92 bits per heavy atom. The molecule has 0 fully saturated rings. The molecule has 0 unspecified atom stereocenters. The van der Waals surface area contributed by atoms with E-state index in [-0.39, 0.29) is 11.4 Å². The fourth-order valence-corrected chi connectivity index (χ4v) is 3.99. The van der Waals surface area contributed by atoms with Gasteiger partial charge in [0.2, 0.25) is 10.0 Å². The van der Waals surface area contributed by atoms with Crippen molar-refractivity contribution in [2.75, 3.05) is 6.61 Å². The molecule has 1 N–H and O–H groups in total. The highest BCUT2D eigenvalue weighted by atomic mass is 32.2. The Balaban J connectivity index is 1.58. The number of hydrogen-bond donors (Lipinski definition) is 1. The van der Waals surface area contributed by atoms with Crippen LogP contribution in [0.4, 0.5) is 0 Å². The van der Waals surface area contributed by atoms with Crippen molar-refractivity contribution in [3.05, 3.63) is 72.2 Å². The lowest BCUT2D eigenvalue weighted by Crippen LogP contribution is -2.23. The first-order valence-electron chi connectivity index (χ1n) is 8.23. The number of nitrogens with zero attached hydrogens (tertiary/aromatic N) is 2. The summed E-state index contributed by atoms with van der Waals surface area (Å²) >= 11 is 0. The van der Waals surface area contributed by atoms with Crippen molar-refractivity contribution in [1.82, 2.24) is 14.7 Å². The number of nitrogens with one attached hydrogen (secondary N) is 1. The topological polar surface area (TPSA) is 81.2 Å². The van der Waals surface area contributed by atoms with Crippen LogP contribution in [0, 0.1) is 0 Å². The summed E-state index contributed by atoms with van der Waals surface area (Å²) in [7, 11) is -3.62. The zero-order valence-electron chi connectivity index (χ0n) is 13.9. The van der Waals surface area contributed by atoms with Gasteiger partial charge in [-0.2, -0.15) is 0 Å². The second kappa shape index (κ2) is 6.86. The van der Waals surface area contributed by atoms with Gasteiger partial charge in [0.15, 0.2) is 0 Å². The van der Waals surface area contributed by atoms with Crippen molar-refractivity contribution in [3.63, 3.8) is 0 Å². The third-order valence-corrected chi connectivity index (χ3v) is 5.67. The molecule has 0 atom stereocenters. The normalized spacial score (nSPS) is 13.2. The lowest BCUT2D eigenvalue weighted by molar-refractivity contribution is 0.356. The van der Waals surface area contributed by atoms with Gasteiger partial charge in [-0.1, -0.05) is 6.07 Å². The Labute approximate surface area is 151 Å². The molecular formula is C19H17N3O3S. The van der Waals surface area contributed by atoms with E-state index < -0.39 is 10.0 Å². The molecule has 4 rings (SSSR count). The molecule has 0 amide bonds. The van der Waals surface area contributed by atoms with Crippen LogP contribution in [-0.4, -0.2) is 25.0 Å². The number of fused-ring (bicyclic) bond motifs is 1. The quantitative estimate of drug-likeness (QED) is 0.749. The van der Waals surface area contributed by atoms with Crippen LogP contribution in [0.25, 0.3) is 11.3 Å². The molecule has 2 aromatic heterocycles. The number of aromatic nitrogens is 2. The summed E-state index contributed by atoms with van der Waals surface area (Å²) in [6.07, 6.45) is 5.79.